The van der Waals surface area contributed by atoms with Crippen LogP contribution in [0.15, 0.2) is 28.7 Å². The van der Waals surface area contributed by atoms with Gasteiger partial charge in [-0.2, -0.15) is 0 Å². The van der Waals surface area contributed by atoms with Gasteiger partial charge in [-0.3, -0.25) is 14.4 Å². The molecule has 31 heavy (non-hydrogen) atoms. The number of aryl methyl sites for hydroxylation is 2. The Labute approximate surface area is 180 Å². The van der Waals surface area contributed by atoms with Gasteiger partial charge < -0.3 is 24.1 Å². The first-order valence-electron chi connectivity index (χ1n) is 10.5. The van der Waals surface area contributed by atoms with Crippen molar-refractivity contribution in [1.29, 1.82) is 0 Å². The lowest BCUT2D eigenvalue weighted by Gasteiger charge is -2.31. The van der Waals surface area contributed by atoms with Crippen LogP contribution in [0.2, 0.25) is 0 Å². The number of anilines is 1. The molecule has 164 valence electrons. The van der Waals surface area contributed by atoms with Gasteiger partial charge in [-0.1, -0.05) is 0 Å². The van der Waals surface area contributed by atoms with Gasteiger partial charge >= 0.3 is 0 Å². The van der Waals surface area contributed by atoms with E-state index in [4.69, 9.17) is 13.9 Å². The molecular formula is C23H26N2O6. The Morgan fingerprint density at radius 2 is 1.84 bits per heavy atom. The summed E-state index contributed by atoms with van der Waals surface area (Å²) in [5.74, 6) is 2.34. The number of Topliss-reactive ketones (excluding diaryl/α,β-unsaturated/α-hetero) is 1. The highest BCUT2D eigenvalue weighted by atomic mass is 16.7. The molecule has 0 bridgehead atoms. The molecule has 3 heterocycles. The normalized spacial score (nSPS) is 15.7. The summed E-state index contributed by atoms with van der Waals surface area (Å²) in [5, 5.41) is 2.93. The zero-order chi connectivity index (χ0) is 22.0. The van der Waals surface area contributed by atoms with Crippen LogP contribution in [0, 0.1) is 12.8 Å². The number of hydrogen-bond acceptors (Lipinski definition) is 6. The zero-order valence-corrected chi connectivity index (χ0v) is 17.7. The molecule has 1 saturated heterocycles. The number of nitrogens with zero attached hydrogens (tertiary/aromatic N) is 1. The van der Waals surface area contributed by atoms with Crippen molar-refractivity contribution in [2.75, 3.05) is 25.2 Å². The fourth-order valence-electron chi connectivity index (χ4n) is 4.01. The summed E-state index contributed by atoms with van der Waals surface area (Å²) < 4.78 is 16.2. The van der Waals surface area contributed by atoms with E-state index < -0.39 is 0 Å². The maximum atomic E-state index is 12.6. The fourth-order valence-corrected chi connectivity index (χ4v) is 4.01. The highest BCUT2D eigenvalue weighted by molar-refractivity contribution is 5.95. The van der Waals surface area contributed by atoms with Gasteiger partial charge in [-0.15, -0.1) is 0 Å². The van der Waals surface area contributed by atoms with Gasteiger partial charge in [0.1, 0.15) is 11.5 Å². The third-order valence-corrected chi connectivity index (χ3v) is 5.79. The molecule has 1 N–H and O–H groups in total. The van der Waals surface area contributed by atoms with E-state index in [-0.39, 0.29) is 30.3 Å². The van der Waals surface area contributed by atoms with Crippen LogP contribution in [0.25, 0.3) is 0 Å². The smallest absolute Gasteiger partial charge is 0.231 e. The van der Waals surface area contributed by atoms with Crippen molar-refractivity contribution in [2.24, 2.45) is 5.92 Å². The number of nitrogens with one attached hydrogen (secondary N) is 1. The van der Waals surface area contributed by atoms with E-state index >= 15 is 0 Å². The van der Waals surface area contributed by atoms with Gasteiger partial charge in [0.15, 0.2) is 17.3 Å². The highest BCUT2D eigenvalue weighted by Gasteiger charge is 2.28. The Hall–Kier alpha value is -3.29. The van der Waals surface area contributed by atoms with Gasteiger partial charge in [-0.25, -0.2) is 0 Å². The van der Waals surface area contributed by atoms with Crippen molar-refractivity contribution in [3.05, 3.63) is 41.3 Å². The highest BCUT2D eigenvalue weighted by Crippen LogP contribution is 2.34. The van der Waals surface area contributed by atoms with E-state index in [2.05, 4.69) is 5.32 Å². The molecule has 0 unspecified atom stereocenters. The van der Waals surface area contributed by atoms with E-state index in [0.29, 0.717) is 73.0 Å². The van der Waals surface area contributed by atoms with Gasteiger partial charge in [0.25, 0.3) is 0 Å². The lowest BCUT2D eigenvalue weighted by atomic mass is 9.95. The summed E-state index contributed by atoms with van der Waals surface area (Å²) in [6.07, 6.45) is 2.02. The molecule has 0 atom stereocenters. The van der Waals surface area contributed by atoms with Gasteiger partial charge in [0.05, 0.1) is 5.56 Å². The average Bonchev–Trinajstić information content (AvgIpc) is 3.38. The molecule has 1 aromatic carbocycles. The molecule has 1 aromatic heterocycles. The van der Waals surface area contributed by atoms with Crippen LogP contribution in [-0.2, 0) is 16.0 Å². The second kappa shape index (κ2) is 8.83. The van der Waals surface area contributed by atoms with Crippen LogP contribution in [0.4, 0.5) is 5.69 Å². The number of carbonyl (C=O) groups is 3. The average molecular weight is 426 g/mol. The molecule has 8 heteroatoms. The Balaban J connectivity index is 1.24. The van der Waals surface area contributed by atoms with Crippen molar-refractivity contribution < 1.29 is 28.3 Å². The third kappa shape index (κ3) is 4.73. The second-order valence-corrected chi connectivity index (χ2v) is 7.95. The molecule has 0 spiro atoms. The van der Waals surface area contributed by atoms with Crippen LogP contribution in [0.5, 0.6) is 11.5 Å². The maximum Gasteiger partial charge on any atom is 0.231 e. The molecular weight excluding hydrogens is 400 g/mol. The molecule has 2 aliphatic rings. The van der Waals surface area contributed by atoms with E-state index in [1.165, 1.54) is 6.92 Å². The predicted octanol–water partition coefficient (Wildman–Crippen LogP) is 3.33. The number of ether oxygens (including phenoxy) is 2. The van der Waals surface area contributed by atoms with E-state index in [1.807, 2.05) is 0 Å². The van der Waals surface area contributed by atoms with Gasteiger partial charge in [0, 0.05) is 43.6 Å². The van der Waals surface area contributed by atoms with Crippen LogP contribution in [0.3, 0.4) is 0 Å². The lowest BCUT2D eigenvalue weighted by Crippen LogP contribution is -2.41. The number of furan rings is 1. The number of fused-ring (bicyclic) bond motifs is 1. The largest absolute Gasteiger partial charge is 0.466 e. The number of piperidine rings is 1. The summed E-state index contributed by atoms with van der Waals surface area (Å²) in [5.41, 5.74) is 1.24. The first kappa shape index (κ1) is 21.0. The van der Waals surface area contributed by atoms with Crippen molar-refractivity contribution >= 4 is 23.3 Å². The second-order valence-electron chi connectivity index (χ2n) is 7.95. The number of rotatable bonds is 6. The molecule has 2 amide bonds. The molecule has 1 fully saturated rings. The molecule has 0 saturated carbocycles. The minimum absolute atomic E-state index is 0.0352. The number of amides is 2. The van der Waals surface area contributed by atoms with Crippen molar-refractivity contribution in [2.45, 2.75) is 39.5 Å². The Bertz CT molecular complexity index is 1000. The number of benzene rings is 1. The number of carbonyl (C=O) groups excluding carboxylic acids is 3. The first-order chi connectivity index (χ1) is 14.9. The van der Waals surface area contributed by atoms with Crippen molar-refractivity contribution in [1.82, 2.24) is 4.90 Å². The summed E-state index contributed by atoms with van der Waals surface area (Å²) >= 11 is 0. The van der Waals surface area contributed by atoms with Crippen molar-refractivity contribution in [3.8, 4) is 11.5 Å². The maximum absolute atomic E-state index is 12.6. The standard InChI is InChI=1S/C23H26N2O6/c1-14(26)19-12-18(31-15(19)2)4-6-22(27)25-9-7-16(8-10-25)23(28)24-17-3-5-20-21(11-17)30-13-29-20/h3,5,11-12,16H,4,6-10,13H2,1-2H3,(H,24,28). The summed E-state index contributed by atoms with van der Waals surface area (Å²) in [4.78, 5) is 38.5. The molecule has 8 nitrogen and oxygen atoms in total. The topological polar surface area (TPSA) is 98.1 Å². The Morgan fingerprint density at radius 3 is 2.55 bits per heavy atom. The van der Waals surface area contributed by atoms with E-state index in [9.17, 15) is 14.4 Å². The molecule has 0 radical (unpaired) electrons. The number of hydrogen-bond donors (Lipinski definition) is 1. The molecule has 4 rings (SSSR count). The zero-order valence-electron chi connectivity index (χ0n) is 17.7. The molecule has 2 aromatic rings. The van der Waals surface area contributed by atoms with Crippen LogP contribution in [0.1, 0.15) is 48.1 Å². The van der Waals surface area contributed by atoms with Gasteiger partial charge in [0.2, 0.25) is 18.6 Å². The Morgan fingerprint density at radius 1 is 1.10 bits per heavy atom. The lowest BCUT2D eigenvalue weighted by molar-refractivity contribution is -0.134. The fraction of sp³-hybridized carbons (Fsp3) is 0.435. The number of likely N-dealkylation sites (tertiary alicyclic amines) is 1. The number of ketones is 1. The van der Waals surface area contributed by atoms with Crippen LogP contribution < -0.4 is 14.8 Å². The summed E-state index contributed by atoms with van der Waals surface area (Å²) in [6.45, 7) is 4.54. The van der Waals surface area contributed by atoms with Crippen molar-refractivity contribution in [3.63, 3.8) is 0 Å². The molecule has 0 aliphatic carbocycles. The minimum Gasteiger partial charge on any atom is -0.466 e. The van der Waals surface area contributed by atoms with Crippen LogP contribution >= 0.6 is 0 Å². The van der Waals surface area contributed by atoms with E-state index in [0.717, 1.165) is 0 Å². The first-order valence-corrected chi connectivity index (χ1v) is 10.5. The Kier molecular flexibility index (Phi) is 5.97. The van der Waals surface area contributed by atoms with E-state index in [1.54, 1.807) is 36.1 Å². The van der Waals surface area contributed by atoms with Gasteiger partial charge in [-0.05, 0) is 44.9 Å². The van der Waals surface area contributed by atoms with Crippen LogP contribution in [-0.4, -0.2) is 42.4 Å². The summed E-state index contributed by atoms with van der Waals surface area (Å²) in [7, 11) is 0. The SMILES string of the molecule is CC(=O)c1cc(CCC(=O)N2CCC(C(=O)Nc3ccc4c(c3)OCO4)CC2)oc1C. The third-order valence-electron chi connectivity index (χ3n) is 5.79. The monoisotopic (exact) mass is 426 g/mol. The summed E-state index contributed by atoms with van der Waals surface area (Å²) in [6, 6.07) is 7.04. The minimum atomic E-state index is -0.139. The predicted molar refractivity (Wildman–Crippen MR) is 112 cm³/mol. The quantitative estimate of drug-likeness (QED) is 0.712. The molecule has 2 aliphatic heterocycles.